The second-order valence-electron chi connectivity index (χ2n) is 6.95. The van der Waals surface area contributed by atoms with Crippen molar-refractivity contribution in [2.45, 2.75) is 13.0 Å². The SMILES string of the molecule is O=C1CCN(C(=O)c2ccc(-n3cccn3)cc2)CCN1Cc1ccccc1F. The zero-order chi connectivity index (χ0) is 20.2. The molecule has 1 saturated heterocycles. The number of rotatable bonds is 4. The molecule has 1 fully saturated rings. The molecule has 1 aliphatic rings. The van der Waals surface area contributed by atoms with Crippen molar-refractivity contribution in [2.75, 3.05) is 19.6 Å². The molecule has 1 aromatic heterocycles. The number of carbonyl (C=O) groups is 2. The van der Waals surface area contributed by atoms with Crippen molar-refractivity contribution in [3.63, 3.8) is 0 Å². The van der Waals surface area contributed by atoms with Gasteiger partial charge in [-0.15, -0.1) is 0 Å². The number of carbonyl (C=O) groups excluding carboxylic acids is 2. The van der Waals surface area contributed by atoms with E-state index in [2.05, 4.69) is 5.10 Å². The van der Waals surface area contributed by atoms with Crippen molar-refractivity contribution < 1.29 is 14.0 Å². The molecule has 0 atom stereocenters. The Hall–Kier alpha value is -3.48. The van der Waals surface area contributed by atoms with Gasteiger partial charge in [0.25, 0.3) is 5.91 Å². The molecule has 6 nitrogen and oxygen atoms in total. The number of halogens is 1. The summed E-state index contributed by atoms with van der Waals surface area (Å²) < 4.78 is 15.6. The summed E-state index contributed by atoms with van der Waals surface area (Å²) in [6.07, 6.45) is 3.76. The third kappa shape index (κ3) is 4.18. The number of hydrogen-bond acceptors (Lipinski definition) is 3. The molecular formula is C22H21FN4O2. The quantitative estimate of drug-likeness (QED) is 0.686. The van der Waals surface area contributed by atoms with Gasteiger partial charge in [0, 0.05) is 56.1 Å². The summed E-state index contributed by atoms with van der Waals surface area (Å²) in [4.78, 5) is 28.7. The Morgan fingerprint density at radius 1 is 1.00 bits per heavy atom. The van der Waals surface area contributed by atoms with Crippen LogP contribution in [0.15, 0.2) is 67.0 Å². The van der Waals surface area contributed by atoms with Crippen LogP contribution < -0.4 is 0 Å². The Kier molecular flexibility index (Phi) is 5.37. The second kappa shape index (κ2) is 8.26. The van der Waals surface area contributed by atoms with Gasteiger partial charge in [-0.2, -0.15) is 5.10 Å². The minimum atomic E-state index is -0.324. The first-order valence-corrected chi connectivity index (χ1v) is 9.52. The number of hydrogen-bond donors (Lipinski definition) is 0. The lowest BCUT2D eigenvalue weighted by Crippen LogP contribution is -2.35. The van der Waals surface area contributed by atoms with Crippen LogP contribution in [0.3, 0.4) is 0 Å². The molecule has 148 valence electrons. The van der Waals surface area contributed by atoms with E-state index in [4.69, 9.17) is 0 Å². The van der Waals surface area contributed by atoms with Crippen molar-refractivity contribution in [1.82, 2.24) is 19.6 Å². The number of nitrogens with zero attached hydrogens (tertiary/aromatic N) is 4. The number of benzene rings is 2. The monoisotopic (exact) mass is 392 g/mol. The molecule has 1 aliphatic heterocycles. The lowest BCUT2D eigenvalue weighted by Gasteiger charge is -2.22. The van der Waals surface area contributed by atoms with E-state index in [9.17, 15) is 14.0 Å². The summed E-state index contributed by atoms with van der Waals surface area (Å²) in [6.45, 7) is 1.36. The summed E-state index contributed by atoms with van der Waals surface area (Å²) in [5, 5.41) is 4.17. The van der Waals surface area contributed by atoms with Crippen molar-refractivity contribution in [3.05, 3.63) is 83.9 Å². The first-order valence-electron chi connectivity index (χ1n) is 9.52. The fourth-order valence-corrected chi connectivity index (χ4v) is 3.43. The van der Waals surface area contributed by atoms with Gasteiger partial charge < -0.3 is 9.80 Å². The highest BCUT2D eigenvalue weighted by Gasteiger charge is 2.25. The van der Waals surface area contributed by atoms with Gasteiger partial charge in [-0.3, -0.25) is 9.59 Å². The summed E-state index contributed by atoms with van der Waals surface area (Å²) in [5.41, 5.74) is 1.92. The van der Waals surface area contributed by atoms with E-state index >= 15 is 0 Å². The van der Waals surface area contributed by atoms with Crippen LogP contribution in [-0.4, -0.2) is 51.0 Å². The molecule has 7 heteroatoms. The Labute approximate surface area is 168 Å². The van der Waals surface area contributed by atoms with Crippen LogP contribution in [0.5, 0.6) is 0 Å². The molecule has 2 aromatic carbocycles. The fourth-order valence-electron chi connectivity index (χ4n) is 3.43. The minimum Gasteiger partial charge on any atom is -0.336 e. The van der Waals surface area contributed by atoms with E-state index < -0.39 is 0 Å². The van der Waals surface area contributed by atoms with Crippen molar-refractivity contribution in [2.24, 2.45) is 0 Å². The molecule has 0 unspecified atom stereocenters. The molecule has 0 radical (unpaired) electrons. The van der Waals surface area contributed by atoms with Gasteiger partial charge in [0.15, 0.2) is 0 Å². The van der Waals surface area contributed by atoms with Crippen LogP contribution in [0.2, 0.25) is 0 Å². The third-order valence-corrected chi connectivity index (χ3v) is 5.08. The molecule has 2 heterocycles. The maximum absolute atomic E-state index is 13.9. The van der Waals surface area contributed by atoms with E-state index in [0.29, 0.717) is 30.8 Å². The number of aromatic nitrogens is 2. The zero-order valence-electron chi connectivity index (χ0n) is 15.9. The van der Waals surface area contributed by atoms with Crippen molar-refractivity contribution in [3.8, 4) is 5.69 Å². The molecule has 0 bridgehead atoms. The van der Waals surface area contributed by atoms with Crippen LogP contribution in [0.4, 0.5) is 4.39 Å². The van der Waals surface area contributed by atoms with E-state index in [-0.39, 0.29) is 30.6 Å². The predicted molar refractivity (Wildman–Crippen MR) is 106 cm³/mol. The Morgan fingerprint density at radius 3 is 2.52 bits per heavy atom. The molecule has 3 aromatic rings. The molecule has 0 N–H and O–H groups in total. The van der Waals surface area contributed by atoms with Gasteiger partial charge >= 0.3 is 0 Å². The second-order valence-corrected chi connectivity index (χ2v) is 6.95. The predicted octanol–water partition coefficient (Wildman–Crippen LogP) is 2.89. The van der Waals surface area contributed by atoms with Gasteiger partial charge in [-0.25, -0.2) is 9.07 Å². The van der Waals surface area contributed by atoms with Crippen molar-refractivity contribution in [1.29, 1.82) is 0 Å². The summed E-state index contributed by atoms with van der Waals surface area (Å²) in [5.74, 6) is -0.509. The molecule has 0 aliphatic carbocycles. The lowest BCUT2D eigenvalue weighted by molar-refractivity contribution is -0.130. The molecule has 2 amide bonds. The van der Waals surface area contributed by atoms with Gasteiger partial charge in [-0.1, -0.05) is 18.2 Å². The molecular weight excluding hydrogens is 371 g/mol. The highest BCUT2D eigenvalue weighted by Crippen LogP contribution is 2.16. The largest absolute Gasteiger partial charge is 0.336 e. The standard InChI is InChI=1S/C22H21FN4O2/c23-20-5-2-1-4-18(20)16-26-15-14-25(13-10-21(26)28)22(29)17-6-8-19(9-7-17)27-12-3-11-24-27/h1-9,11-12H,10,13-16H2. The van der Waals surface area contributed by atoms with Crippen LogP contribution in [0.1, 0.15) is 22.3 Å². The van der Waals surface area contributed by atoms with Crippen LogP contribution in [0, 0.1) is 5.82 Å². The average Bonchev–Trinajstić information content (AvgIpc) is 3.22. The fraction of sp³-hybridized carbons (Fsp3) is 0.227. The lowest BCUT2D eigenvalue weighted by atomic mass is 10.1. The van der Waals surface area contributed by atoms with Crippen molar-refractivity contribution >= 4 is 11.8 Å². The summed E-state index contributed by atoms with van der Waals surface area (Å²) in [6, 6.07) is 15.5. The highest BCUT2D eigenvalue weighted by molar-refractivity contribution is 5.95. The summed E-state index contributed by atoms with van der Waals surface area (Å²) in [7, 11) is 0. The van der Waals surface area contributed by atoms with Crippen LogP contribution >= 0.6 is 0 Å². The number of amides is 2. The maximum Gasteiger partial charge on any atom is 0.253 e. The van der Waals surface area contributed by atoms with Crippen LogP contribution in [0.25, 0.3) is 5.69 Å². The van der Waals surface area contributed by atoms with Crippen LogP contribution in [-0.2, 0) is 11.3 Å². The zero-order valence-corrected chi connectivity index (χ0v) is 15.9. The van der Waals surface area contributed by atoms with Gasteiger partial charge in [0.2, 0.25) is 5.91 Å². The Bertz CT molecular complexity index is 1000. The van der Waals surface area contributed by atoms with Gasteiger partial charge in [0.05, 0.1) is 5.69 Å². The molecule has 29 heavy (non-hydrogen) atoms. The first-order chi connectivity index (χ1) is 14.1. The van der Waals surface area contributed by atoms with E-state index in [1.54, 1.807) is 51.0 Å². The molecule has 0 saturated carbocycles. The van der Waals surface area contributed by atoms with E-state index in [1.165, 1.54) is 6.07 Å². The molecule has 4 rings (SSSR count). The van der Waals surface area contributed by atoms with E-state index in [0.717, 1.165) is 5.69 Å². The Balaban J connectivity index is 1.43. The maximum atomic E-state index is 13.9. The molecule has 0 spiro atoms. The third-order valence-electron chi connectivity index (χ3n) is 5.08. The minimum absolute atomic E-state index is 0.0717. The first kappa shape index (κ1) is 18.9. The van der Waals surface area contributed by atoms with E-state index in [1.807, 2.05) is 24.4 Å². The smallest absolute Gasteiger partial charge is 0.253 e. The van der Waals surface area contributed by atoms with Gasteiger partial charge in [-0.05, 0) is 36.4 Å². The normalized spacial score (nSPS) is 14.7. The van der Waals surface area contributed by atoms with Gasteiger partial charge in [0.1, 0.15) is 5.82 Å². The Morgan fingerprint density at radius 2 is 1.79 bits per heavy atom. The summed E-state index contributed by atoms with van der Waals surface area (Å²) >= 11 is 0. The average molecular weight is 392 g/mol. The topological polar surface area (TPSA) is 58.4 Å². The highest BCUT2D eigenvalue weighted by atomic mass is 19.1.